The molecular formula is C26H25NO2S. The van der Waals surface area contributed by atoms with Crippen molar-refractivity contribution in [3.8, 4) is 5.75 Å². The van der Waals surface area contributed by atoms with E-state index >= 15 is 0 Å². The first kappa shape index (κ1) is 20.3. The first-order chi connectivity index (χ1) is 14.5. The summed E-state index contributed by atoms with van der Waals surface area (Å²) in [5.74, 6) is 0.897. The highest BCUT2D eigenvalue weighted by Crippen LogP contribution is 2.50. The Kier molecular flexibility index (Phi) is 5.69. The maximum atomic E-state index is 13.5. The summed E-state index contributed by atoms with van der Waals surface area (Å²) in [6, 6.07) is 28.0. The second-order valence-electron chi connectivity index (χ2n) is 7.60. The van der Waals surface area contributed by atoms with Gasteiger partial charge in [-0.2, -0.15) is 0 Å². The van der Waals surface area contributed by atoms with Gasteiger partial charge in [0.2, 0.25) is 5.91 Å². The van der Waals surface area contributed by atoms with Gasteiger partial charge in [-0.15, -0.1) is 11.8 Å². The molecule has 1 amide bonds. The monoisotopic (exact) mass is 415 g/mol. The Morgan fingerprint density at radius 2 is 1.57 bits per heavy atom. The van der Waals surface area contributed by atoms with Crippen LogP contribution in [0.1, 0.15) is 19.4 Å². The Balaban J connectivity index is 1.72. The Morgan fingerprint density at radius 3 is 2.17 bits per heavy atom. The highest BCUT2D eigenvalue weighted by atomic mass is 32.2. The van der Waals surface area contributed by atoms with Gasteiger partial charge in [0.05, 0.1) is 13.2 Å². The van der Waals surface area contributed by atoms with Gasteiger partial charge in [-0.05, 0) is 61.4 Å². The largest absolute Gasteiger partial charge is 0.497 e. The lowest BCUT2D eigenvalue weighted by molar-refractivity contribution is -0.126. The molecule has 1 saturated heterocycles. The third kappa shape index (κ3) is 3.75. The lowest BCUT2D eigenvalue weighted by Gasteiger charge is -2.54. The molecule has 2 atom stereocenters. The standard InChI is InChI=1S/C26H25NO2S/c1-19(18-20-10-6-4-7-11-20)24-26(2,30-23-12-8-5-9-13-23)25(28)27(24)21-14-16-22(29-3)17-15-21/h4-18,24H,1-3H3/b19-18+/t24-,26+/m1/s1. The van der Waals surface area contributed by atoms with Crippen molar-refractivity contribution in [1.82, 2.24) is 0 Å². The summed E-state index contributed by atoms with van der Waals surface area (Å²) in [5.41, 5.74) is 3.18. The van der Waals surface area contributed by atoms with Crippen LogP contribution in [0.3, 0.4) is 0 Å². The number of carbonyl (C=O) groups is 1. The molecule has 0 aliphatic carbocycles. The SMILES string of the molecule is COc1ccc(N2C(=O)[C@@](C)(Sc3ccccc3)[C@H]2/C(C)=C/c2ccccc2)cc1. The zero-order valence-corrected chi connectivity index (χ0v) is 18.2. The van der Waals surface area contributed by atoms with Crippen molar-refractivity contribution in [3.63, 3.8) is 0 Å². The van der Waals surface area contributed by atoms with Gasteiger partial charge in [0, 0.05) is 10.6 Å². The van der Waals surface area contributed by atoms with Gasteiger partial charge < -0.3 is 9.64 Å². The van der Waals surface area contributed by atoms with E-state index in [1.54, 1.807) is 18.9 Å². The fraction of sp³-hybridized carbons (Fsp3) is 0.192. The first-order valence-corrected chi connectivity index (χ1v) is 10.8. The second kappa shape index (κ2) is 8.41. The molecule has 0 aromatic heterocycles. The molecule has 0 unspecified atom stereocenters. The highest BCUT2D eigenvalue weighted by molar-refractivity contribution is 8.01. The summed E-state index contributed by atoms with van der Waals surface area (Å²) in [7, 11) is 1.65. The summed E-state index contributed by atoms with van der Waals surface area (Å²) in [4.78, 5) is 16.5. The molecule has 1 aliphatic rings. The Hall–Kier alpha value is -2.98. The van der Waals surface area contributed by atoms with Crippen LogP contribution in [0.2, 0.25) is 0 Å². The molecule has 3 aromatic rings. The molecular weight excluding hydrogens is 390 g/mol. The molecule has 4 heteroatoms. The zero-order chi connectivity index (χ0) is 21.1. The number of methoxy groups -OCH3 is 1. The number of benzene rings is 3. The maximum Gasteiger partial charge on any atom is 0.246 e. The minimum atomic E-state index is -0.573. The summed E-state index contributed by atoms with van der Waals surface area (Å²) >= 11 is 1.64. The smallest absolute Gasteiger partial charge is 0.246 e. The van der Waals surface area contributed by atoms with Crippen LogP contribution in [0.4, 0.5) is 5.69 Å². The normalized spacial score (nSPS) is 21.3. The minimum absolute atomic E-state index is 0.0520. The van der Waals surface area contributed by atoms with Crippen LogP contribution in [0, 0.1) is 0 Å². The fourth-order valence-corrected chi connectivity index (χ4v) is 5.40. The quantitative estimate of drug-likeness (QED) is 0.458. The number of hydrogen-bond donors (Lipinski definition) is 0. The van der Waals surface area contributed by atoms with Crippen LogP contribution >= 0.6 is 11.8 Å². The number of thioether (sulfide) groups is 1. The average molecular weight is 416 g/mol. The number of rotatable bonds is 6. The Morgan fingerprint density at radius 1 is 0.967 bits per heavy atom. The fourth-order valence-electron chi connectivity index (χ4n) is 4.02. The molecule has 1 fully saturated rings. The van der Waals surface area contributed by atoms with Gasteiger partial charge in [0.25, 0.3) is 0 Å². The molecule has 1 aliphatic heterocycles. The number of nitrogens with zero attached hydrogens (tertiary/aromatic N) is 1. The third-order valence-corrected chi connectivity index (χ3v) is 6.80. The van der Waals surface area contributed by atoms with Crippen LogP contribution in [-0.2, 0) is 4.79 Å². The van der Waals surface area contributed by atoms with Crippen molar-refractivity contribution in [2.75, 3.05) is 12.0 Å². The molecule has 1 heterocycles. The summed E-state index contributed by atoms with van der Waals surface area (Å²) in [6.45, 7) is 4.17. The van der Waals surface area contributed by atoms with Crippen LogP contribution in [-0.4, -0.2) is 23.8 Å². The zero-order valence-electron chi connectivity index (χ0n) is 17.4. The molecule has 0 radical (unpaired) electrons. The Labute approximate surface area is 182 Å². The van der Waals surface area contributed by atoms with Crippen molar-refractivity contribution in [1.29, 1.82) is 0 Å². The number of hydrogen-bond acceptors (Lipinski definition) is 3. The van der Waals surface area contributed by atoms with E-state index in [1.165, 1.54) is 0 Å². The highest BCUT2D eigenvalue weighted by Gasteiger charge is 2.59. The lowest BCUT2D eigenvalue weighted by Crippen LogP contribution is -2.71. The van der Waals surface area contributed by atoms with E-state index in [1.807, 2.05) is 65.6 Å². The molecule has 0 saturated carbocycles. The summed E-state index contributed by atoms with van der Waals surface area (Å²) < 4.78 is 4.71. The number of anilines is 1. The predicted octanol–water partition coefficient (Wildman–Crippen LogP) is 6.06. The summed E-state index contributed by atoms with van der Waals surface area (Å²) in [5, 5.41) is 0. The van der Waals surface area contributed by atoms with Crippen molar-refractivity contribution >= 4 is 29.4 Å². The average Bonchev–Trinajstić information content (AvgIpc) is 2.78. The van der Waals surface area contributed by atoms with Gasteiger partial charge in [0.1, 0.15) is 10.5 Å². The second-order valence-corrected chi connectivity index (χ2v) is 9.12. The molecule has 30 heavy (non-hydrogen) atoms. The lowest BCUT2D eigenvalue weighted by atomic mass is 9.81. The first-order valence-electron chi connectivity index (χ1n) is 9.98. The van der Waals surface area contributed by atoms with Gasteiger partial charge in [0.15, 0.2) is 0 Å². The molecule has 152 valence electrons. The van der Waals surface area contributed by atoms with Gasteiger partial charge in [-0.3, -0.25) is 4.79 Å². The number of amides is 1. The van der Waals surface area contributed by atoms with Gasteiger partial charge >= 0.3 is 0 Å². The predicted molar refractivity (Wildman–Crippen MR) is 125 cm³/mol. The molecule has 0 N–H and O–H groups in total. The minimum Gasteiger partial charge on any atom is -0.497 e. The number of carbonyl (C=O) groups excluding carboxylic acids is 1. The van der Waals surface area contributed by atoms with Crippen LogP contribution in [0.25, 0.3) is 6.08 Å². The number of ether oxygens (including phenoxy) is 1. The molecule has 0 bridgehead atoms. The van der Waals surface area contributed by atoms with Crippen LogP contribution in [0.15, 0.2) is 95.4 Å². The molecule has 4 rings (SSSR count). The van der Waals surface area contributed by atoms with E-state index in [4.69, 9.17) is 4.74 Å². The van der Waals surface area contributed by atoms with E-state index in [0.717, 1.165) is 27.5 Å². The summed E-state index contributed by atoms with van der Waals surface area (Å²) in [6.07, 6.45) is 2.18. The van der Waals surface area contributed by atoms with E-state index in [-0.39, 0.29) is 11.9 Å². The van der Waals surface area contributed by atoms with E-state index in [2.05, 4.69) is 44.2 Å². The topological polar surface area (TPSA) is 29.5 Å². The molecule has 3 nitrogen and oxygen atoms in total. The van der Waals surface area contributed by atoms with Crippen molar-refractivity contribution in [3.05, 3.63) is 96.1 Å². The van der Waals surface area contributed by atoms with Crippen LogP contribution < -0.4 is 9.64 Å². The molecule has 3 aromatic carbocycles. The van der Waals surface area contributed by atoms with Gasteiger partial charge in [-0.25, -0.2) is 0 Å². The van der Waals surface area contributed by atoms with Crippen molar-refractivity contribution in [2.24, 2.45) is 0 Å². The molecule has 0 spiro atoms. The number of β-lactam (4-membered cyclic amide) rings is 1. The van der Waals surface area contributed by atoms with Crippen molar-refractivity contribution < 1.29 is 9.53 Å². The van der Waals surface area contributed by atoms with Gasteiger partial charge in [-0.1, -0.05) is 54.6 Å². The third-order valence-electron chi connectivity index (χ3n) is 5.47. The van der Waals surface area contributed by atoms with Crippen LogP contribution in [0.5, 0.6) is 5.75 Å². The van der Waals surface area contributed by atoms with E-state index in [0.29, 0.717) is 0 Å². The Bertz CT molecular complexity index is 1050. The maximum absolute atomic E-state index is 13.5. The van der Waals surface area contributed by atoms with E-state index in [9.17, 15) is 4.79 Å². The van der Waals surface area contributed by atoms with E-state index < -0.39 is 4.75 Å². The van der Waals surface area contributed by atoms with Crippen molar-refractivity contribution in [2.45, 2.75) is 29.5 Å².